The molecule has 6 nitrogen and oxygen atoms in total. The molecule has 0 amide bonds. The van der Waals surface area contributed by atoms with Gasteiger partial charge in [0.05, 0.1) is 22.3 Å². The summed E-state index contributed by atoms with van der Waals surface area (Å²) in [6.45, 7) is 0.374. The molecule has 2 radical (unpaired) electrons. The van der Waals surface area contributed by atoms with Crippen LogP contribution in [0, 0.1) is 0 Å². The zero-order chi connectivity index (χ0) is 21.1. The number of aromatic hydroxyl groups is 1. The molecule has 0 atom stereocenters. The summed E-state index contributed by atoms with van der Waals surface area (Å²) in [5, 5.41) is 13.9. The fourth-order valence-electron chi connectivity index (χ4n) is 3.02. The van der Waals surface area contributed by atoms with Crippen LogP contribution in [0.1, 0.15) is 5.56 Å². The van der Waals surface area contributed by atoms with Crippen LogP contribution in [-0.4, -0.2) is 26.4 Å². The SMILES string of the molecule is [B]c1ccc(CNc2ccc(S(=O)(=O)Nc3cnc4ccccc4c3)cc2)c(O)c1. The first-order chi connectivity index (χ1) is 14.4. The number of aromatic nitrogens is 1. The van der Waals surface area contributed by atoms with E-state index in [9.17, 15) is 13.5 Å². The van der Waals surface area contributed by atoms with Gasteiger partial charge in [-0.1, -0.05) is 35.8 Å². The predicted molar refractivity (Wildman–Crippen MR) is 120 cm³/mol. The van der Waals surface area contributed by atoms with Crippen LogP contribution >= 0.6 is 0 Å². The molecule has 0 fully saturated rings. The molecule has 4 rings (SSSR count). The first-order valence-corrected chi connectivity index (χ1v) is 10.7. The minimum atomic E-state index is -3.75. The second-order valence-electron chi connectivity index (χ2n) is 6.79. The average Bonchev–Trinajstić information content (AvgIpc) is 2.73. The van der Waals surface area contributed by atoms with Crippen molar-refractivity contribution in [2.45, 2.75) is 11.4 Å². The van der Waals surface area contributed by atoms with Crippen LogP contribution in [0.25, 0.3) is 10.9 Å². The second-order valence-corrected chi connectivity index (χ2v) is 8.47. The van der Waals surface area contributed by atoms with Gasteiger partial charge in [-0.25, -0.2) is 8.42 Å². The zero-order valence-corrected chi connectivity index (χ0v) is 16.7. The van der Waals surface area contributed by atoms with Crippen molar-refractivity contribution in [3.8, 4) is 5.75 Å². The molecule has 0 aliphatic rings. The molecule has 3 N–H and O–H groups in total. The van der Waals surface area contributed by atoms with Gasteiger partial charge in [0.15, 0.2) is 0 Å². The van der Waals surface area contributed by atoms with Gasteiger partial charge in [0, 0.05) is 23.2 Å². The molecular formula is C22H18BN3O3S. The molecule has 0 aliphatic heterocycles. The van der Waals surface area contributed by atoms with Gasteiger partial charge in [0.2, 0.25) is 0 Å². The van der Waals surface area contributed by atoms with Gasteiger partial charge in [-0.05, 0) is 42.5 Å². The third kappa shape index (κ3) is 4.39. The van der Waals surface area contributed by atoms with E-state index in [2.05, 4.69) is 15.0 Å². The Morgan fingerprint density at radius 3 is 2.47 bits per heavy atom. The van der Waals surface area contributed by atoms with Gasteiger partial charge in [-0.2, -0.15) is 0 Å². The Hall–Kier alpha value is -3.52. The second kappa shape index (κ2) is 8.08. The van der Waals surface area contributed by atoms with Crippen molar-refractivity contribution in [2.24, 2.45) is 0 Å². The number of sulfonamides is 1. The van der Waals surface area contributed by atoms with E-state index in [1.54, 1.807) is 30.3 Å². The third-order valence-corrected chi connectivity index (χ3v) is 6.00. The van der Waals surface area contributed by atoms with Crippen LogP contribution in [0.5, 0.6) is 5.75 Å². The van der Waals surface area contributed by atoms with Crippen LogP contribution in [0.15, 0.2) is 83.9 Å². The molecule has 0 saturated heterocycles. The number of fused-ring (bicyclic) bond motifs is 1. The van der Waals surface area contributed by atoms with Gasteiger partial charge < -0.3 is 10.4 Å². The van der Waals surface area contributed by atoms with E-state index in [4.69, 9.17) is 7.85 Å². The number of pyridine rings is 1. The molecular weight excluding hydrogens is 397 g/mol. The number of anilines is 2. The van der Waals surface area contributed by atoms with E-state index in [-0.39, 0.29) is 10.6 Å². The maximum Gasteiger partial charge on any atom is 0.261 e. The third-order valence-electron chi connectivity index (χ3n) is 4.60. The Morgan fingerprint density at radius 2 is 1.70 bits per heavy atom. The van der Waals surface area contributed by atoms with Crippen molar-refractivity contribution in [3.05, 3.63) is 84.6 Å². The van der Waals surface area contributed by atoms with E-state index < -0.39 is 10.0 Å². The van der Waals surface area contributed by atoms with Gasteiger partial charge >= 0.3 is 0 Å². The van der Waals surface area contributed by atoms with Gasteiger partial charge in [-0.15, -0.1) is 0 Å². The molecule has 0 saturated carbocycles. The number of phenolic OH excluding ortho intramolecular Hbond substituents is 1. The van der Waals surface area contributed by atoms with E-state index in [1.165, 1.54) is 24.4 Å². The largest absolute Gasteiger partial charge is 0.508 e. The summed E-state index contributed by atoms with van der Waals surface area (Å²) in [6.07, 6.45) is 1.49. The molecule has 1 heterocycles. The van der Waals surface area contributed by atoms with E-state index in [0.717, 1.165) is 16.6 Å². The van der Waals surface area contributed by atoms with Crippen LogP contribution < -0.4 is 15.5 Å². The highest BCUT2D eigenvalue weighted by atomic mass is 32.2. The van der Waals surface area contributed by atoms with Crippen molar-refractivity contribution >= 4 is 45.6 Å². The Morgan fingerprint density at radius 1 is 0.933 bits per heavy atom. The number of rotatable bonds is 6. The monoisotopic (exact) mass is 415 g/mol. The highest BCUT2D eigenvalue weighted by Gasteiger charge is 2.14. The number of phenols is 1. The summed E-state index contributed by atoms with van der Waals surface area (Å²) >= 11 is 0. The highest BCUT2D eigenvalue weighted by Crippen LogP contribution is 2.22. The summed E-state index contributed by atoms with van der Waals surface area (Å²) in [7, 11) is 1.88. The van der Waals surface area contributed by atoms with Crippen LogP contribution in [0.4, 0.5) is 11.4 Å². The fourth-order valence-corrected chi connectivity index (χ4v) is 4.05. The van der Waals surface area contributed by atoms with Crippen LogP contribution in [0.3, 0.4) is 0 Å². The quantitative estimate of drug-likeness (QED) is 0.421. The molecule has 1 aromatic heterocycles. The minimum Gasteiger partial charge on any atom is -0.508 e. The Labute approximate surface area is 176 Å². The first kappa shape index (κ1) is 19.8. The number of nitrogens with zero attached hydrogens (tertiary/aromatic N) is 1. The molecule has 3 aromatic carbocycles. The van der Waals surface area contributed by atoms with Crippen molar-refractivity contribution in [2.75, 3.05) is 10.0 Å². The lowest BCUT2D eigenvalue weighted by Crippen LogP contribution is -2.13. The zero-order valence-electron chi connectivity index (χ0n) is 15.9. The van der Waals surface area contributed by atoms with Crippen molar-refractivity contribution in [3.63, 3.8) is 0 Å². The number of nitrogens with one attached hydrogen (secondary N) is 2. The molecule has 30 heavy (non-hydrogen) atoms. The lowest BCUT2D eigenvalue weighted by atomic mass is 9.94. The Balaban J connectivity index is 1.46. The summed E-state index contributed by atoms with van der Waals surface area (Å²) in [6, 6.07) is 20.5. The van der Waals surface area contributed by atoms with E-state index in [0.29, 0.717) is 23.3 Å². The molecule has 0 aliphatic carbocycles. The first-order valence-electron chi connectivity index (χ1n) is 9.20. The summed E-state index contributed by atoms with van der Waals surface area (Å²) in [4.78, 5) is 4.41. The van der Waals surface area contributed by atoms with Crippen LogP contribution in [-0.2, 0) is 16.6 Å². The molecule has 8 heteroatoms. The maximum absolute atomic E-state index is 12.7. The number of para-hydroxylation sites is 1. The van der Waals surface area contributed by atoms with Gasteiger partial charge in [0.1, 0.15) is 13.6 Å². The van der Waals surface area contributed by atoms with Gasteiger partial charge in [-0.3, -0.25) is 9.71 Å². The van der Waals surface area contributed by atoms with Crippen molar-refractivity contribution in [1.82, 2.24) is 4.98 Å². The average molecular weight is 415 g/mol. The van der Waals surface area contributed by atoms with E-state index in [1.807, 2.05) is 24.3 Å². The fraction of sp³-hybridized carbons (Fsp3) is 0.0455. The molecule has 0 bridgehead atoms. The van der Waals surface area contributed by atoms with Crippen LogP contribution in [0.2, 0.25) is 0 Å². The summed E-state index contributed by atoms with van der Waals surface area (Å²) in [5.41, 5.74) is 3.08. The predicted octanol–water partition coefficient (Wildman–Crippen LogP) is 3.15. The molecule has 4 aromatic rings. The lowest BCUT2D eigenvalue weighted by Gasteiger charge is -2.11. The maximum atomic E-state index is 12.7. The summed E-state index contributed by atoms with van der Waals surface area (Å²) in [5.74, 6) is 0.106. The van der Waals surface area contributed by atoms with Gasteiger partial charge in [0.25, 0.3) is 10.0 Å². The normalized spacial score (nSPS) is 11.3. The Bertz CT molecular complexity index is 1310. The Kier molecular flexibility index (Phi) is 5.33. The molecule has 148 valence electrons. The molecule has 0 spiro atoms. The molecule has 0 unspecified atom stereocenters. The van der Waals surface area contributed by atoms with E-state index >= 15 is 0 Å². The standard InChI is InChI=1S/C22H18BN3O3S/c23-17-6-5-16(22(27)12-17)13-24-18-7-9-20(10-8-18)30(28,29)26-19-11-15-3-1-2-4-21(15)25-14-19/h1-12,14,24,26-27H,13H2. The number of hydrogen-bond donors (Lipinski definition) is 3. The minimum absolute atomic E-state index is 0.106. The smallest absolute Gasteiger partial charge is 0.261 e. The number of benzene rings is 3. The van der Waals surface area contributed by atoms with Crippen molar-refractivity contribution in [1.29, 1.82) is 0 Å². The summed E-state index contributed by atoms with van der Waals surface area (Å²) < 4.78 is 28.0. The highest BCUT2D eigenvalue weighted by molar-refractivity contribution is 7.92. The number of hydrogen-bond acceptors (Lipinski definition) is 5. The lowest BCUT2D eigenvalue weighted by molar-refractivity contribution is 0.469. The van der Waals surface area contributed by atoms with Crippen molar-refractivity contribution < 1.29 is 13.5 Å². The topological polar surface area (TPSA) is 91.3 Å².